The average molecular weight is 556 g/mol. The van der Waals surface area contributed by atoms with Gasteiger partial charge in [0.2, 0.25) is 5.79 Å². The number of nitrogens with one attached hydrogen (secondary N) is 3. The van der Waals surface area contributed by atoms with Crippen LogP contribution >= 0.6 is 22.7 Å². The number of carbonyl (C=O) groups is 2. The summed E-state index contributed by atoms with van der Waals surface area (Å²) in [5.41, 5.74) is 3.40. The molecule has 0 aliphatic carbocycles. The zero-order valence-corrected chi connectivity index (χ0v) is 22.6. The molecule has 1 aromatic carbocycles. The van der Waals surface area contributed by atoms with Gasteiger partial charge in [-0.3, -0.25) is 10.1 Å². The number of piperidine rings is 1. The molecule has 3 unspecified atom stereocenters. The molecule has 0 saturated carbocycles. The molecule has 11 nitrogen and oxygen atoms in total. The predicted octanol–water partition coefficient (Wildman–Crippen LogP) is 2.99. The van der Waals surface area contributed by atoms with Crippen LogP contribution in [-0.4, -0.2) is 63.8 Å². The number of aliphatic hydroxyl groups excluding tert-OH is 1. The second-order valence-electron chi connectivity index (χ2n) is 9.43. The number of aromatic nitrogens is 2. The van der Waals surface area contributed by atoms with E-state index in [4.69, 9.17) is 4.99 Å². The van der Waals surface area contributed by atoms with Crippen LogP contribution in [0.4, 0.5) is 10.5 Å². The molecular weight excluding hydrogens is 526 g/mol. The van der Waals surface area contributed by atoms with Crippen molar-refractivity contribution in [3.63, 3.8) is 0 Å². The molecule has 0 spiro atoms. The van der Waals surface area contributed by atoms with E-state index in [1.807, 2.05) is 29.3 Å². The largest absolute Gasteiger partial charge is 0.481 e. The van der Waals surface area contributed by atoms with Gasteiger partial charge in [-0.1, -0.05) is 0 Å². The Kier molecular flexibility index (Phi) is 7.18. The number of aliphatic carboxylic acids is 1. The van der Waals surface area contributed by atoms with Gasteiger partial charge >= 0.3 is 12.0 Å². The normalized spacial score (nSPS) is 25.0. The molecule has 5 N–H and O–H groups in total. The average Bonchev–Trinajstić information content (AvgIpc) is 3.58. The van der Waals surface area contributed by atoms with E-state index in [0.717, 1.165) is 20.8 Å². The zero-order valence-electron chi connectivity index (χ0n) is 21.0. The Morgan fingerprint density at radius 1 is 1.32 bits per heavy atom. The maximum Gasteiger partial charge on any atom is 0.318 e. The number of anilines is 1. The maximum atomic E-state index is 13.1. The lowest BCUT2D eigenvalue weighted by Crippen LogP contribution is -2.71. The number of carbonyl (C=O) groups excluding carboxylic acids is 1. The molecule has 5 rings (SSSR count). The summed E-state index contributed by atoms with van der Waals surface area (Å²) in [6.45, 7) is 4.64. The van der Waals surface area contributed by atoms with E-state index in [9.17, 15) is 19.8 Å². The molecule has 1 saturated heterocycles. The number of hydrogen-bond acceptors (Lipinski definition) is 10. The molecule has 2 amide bonds. The van der Waals surface area contributed by atoms with Crippen molar-refractivity contribution < 1.29 is 19.8 Å². The molecule has 0 radical (unpaired) electrons. The van der Waals surface area contributed by atoms with E-state index in [1.165, 1.54) is 22.7 Å². The van der Waals surface area contributed by atoms with Gasteiger partial charge in [-0.05, 0) is 45.0 Å². The minimum Gasteiger partial charge on any atom is -0.481 e. The summed E-state index contributed by atoms with van der Waals surface area (Å²) in [5.74, 6) is -3.03. The summed E-state index contributed by atoms with van der Waals surface area (Å²) in [4.78, 5) is 41.5. The van der Waals surface area contributed by atoms with E-state index < -0.39 is 29.1 Å². The summed E-state index contributed by atoms with van der Waals surface area (Å²) in [6.07, 6.45) is 5.52. The number of carboxylic acid groups (broad SMARTS) is 1. The minimum atomic E-state index is -1.45. The lowest BCUT2D eigenvalue weighted by atomic mass is 9.68. The van der Waals surface area contributed by atoms with E-state index in [1.54, 1.807) is 30.9 Å². The Bertz CT molecular complexity index is 1420. The third kappa shape index (κ3) is 4.45. The Labute approximate surface area is 227 Å². The molecule has 2 aliphatic rings. The smallest absolute Gasteiger partial charge is 0.318 e. The first-order valence-corrected chi connectivity index (χ1v) is 14.0. The van der Waals surface area contributed by atoms with Crippen LogP contribution in [0.2, 0.25) is 0 Å². The van der Waals surface area contributed by atoms with Crippen molar-refractivity contribution in [2.45, 2.75) is 32.7 Å². The van der Waals surface area contributed by atoms with Gasteiger partial charge in [0.1, 0.15) is 5.01 Å². The highest BCUT2D eigenvalue weighted by Crippen LogP contribution is 2.46. The van der Waals surface area contributed by atoms with Gasteiger partial charge in [-0.15, -0.1) is 22.7 Å². The molecule has 2 aliphatic heterocycles. The highest BCUT2D eigenvalue weighted by atomic mass is 32.1. The van der Waals surface area contributed by atoms with Crippen LogP contribution in [0.3, 0.4) is 0 Å². The molecule has 3 atom stereocenters. The fourth-order valence-corrected chi connectivity index (χ4v) is 6.83. The third-order valence-corrected chi connectivity index (χ3v) is 8.95. The van der Waals surface area contributed by atoms with Crippen LogP contribution in [-0.2, 0) is 11.4 Å². The Morgan fingerprint density at radius 2 is 2.16 bits per heavy atom. The second kappa shape index (κ2) is 10.4. The van der Waals surface area contributed by atoms with Crippen molar-refractivity contribution >= 4 is 56.8 Å². The fourth-order valence-electron chi connectivity index (χ4n) is 5.14. The van der Waals surface area contributed by atoms with Gasteiger partial charge < -0.3 is 25.7 Å². The minimum absolute atomic E-state index is 0.159. The lowest BCUT2D eigenvalue weighted by Gasteiger charge is -2.52. The number of urea groups is 1. The fraction of sp³-hybridized carbons (Fsp3) is 0.400. The molecule has 1 fully saturated rings. The molecule has 0 bridgehead atoms. The Hall–Kier alpha value is -3.39. The summed E-state index contributed by atoms with van der Waals surface area (Å²) < 4.78 is 0.939. The van der Waals surface area contributed by atoms with Crippen LogP contribution in [0.1, 0.15) is 26.0 Å². The van der Waals surface area contributed by atoms with Gasteiger partial charge in [-0.25, -0.2) is 19.8 Å². The van der Waals surface area contributed by atoms with Gasteiger partial charge in [0.15, 0.2) is 0 Å². The molecule has 38 heavy (non-hydrogen) atoms. The first-order valence-electron chi connectivity index (χ1n) is 12.3. The van der Waals surface area contributed by atoms with Crippen molar-refractivity contribution in [1.82, 2.24) is 25.9 Å². The quantitative estimate of drug-likeness (QED) is 0.298. The van der Waals surface area contributed by atoms with Crippen LogP contribution in [0.5, 0.6) is 0 Å². The molecule has 200 valence electrons. The van der Waals surface area contributed by atoms with Gasteiger partial charge in [0.25, 0.3) is 0 Å². The number of benzene rings is 1. The van der Waals surface area contributed by atoms with Gasteiger partial charge in [0, 0.05) is 42.1 Å². The highest BCUT2D eigenvalue weighted by Gasteiger charge is 2.57. The number of amides is 2. The molecule has 4 heterocycles. The van der Waals surface area contributed by atoms with E-state index in [-0.39, 0.29) is 6.61 Å². The second-order valence-corrected chi connectivity index (χ2v) is 11.1. The summed E-state index contributed by atoms with van der Waals surface area (Å²) in [5, 5.41) is 31.6. The van der Waals surface area contributed by atoms with E-state index in [2.05, 4.69) is 25.9 Å². The SMILES string of the molecule is CCNC(=O)NC1(C2CNCCC2(C)C(=O)O)N=CC=CN1c1cc(-c2nc(CO)cs2)c2scnc2c1. The summed E-state index contributed by atoms with van der Waals surface area (Å²) >= 11 is 2.91. The number of rotatable bonds is 7. The Morgan fingerprint density at radius 3 is 2.89 bits per heavy atom. The Balaban J connectivity index is 1.70. The number of aliphatic hydroxyl groups is 1. The van der Waals surface area contributed by atoms with Crippen LogP contribution in [0.15, 0.2) is 40.3 Å². The molecule has 3 aromatic rings. The lowest BCUT2D eigenvalue weighted by molar-refractivity contribution is -0.155. The molecule has 13 heteroatoms. The van der Waals surface area contributed by atoms with E-state index in [0.29, 0.717) is 37.4 Å². The number of carboxylic acids is 1. The molecular formula is C25H29N7O4S2. The summed E-state index contributed by atoms with van der Waals surface area (Å²) in [6, 6.07) is 3.41. The maximum absolute atomic E-state index is 13.1. The van der Waals surface area contributed by atoms with Crippen LogP contribution < -0.4 is 20.9 Å². The van der Waals surface area contributed by atoms with Crippen molar-refractivity contribution in [2.75, 3.05) is 24.5 Å². The number of aliphatic imine (C=N–C) groups is 1. The van der Waals surface area contributed by atoms with Crippen molar-refractivity contribution in [3.05, 3.63) is 41.0 Å². The van der Waals surface area contributed by atoms with Crippen molar-refractivity contribution in [1.29, 1.82) is 0 Å². The van der Waals surface area contributed by atoms with Gasteiger partial charge in [0.05, 0.1) is 39.4 Å². The topological polar surface area (TPSA) is 152 Å². The van der Waals surface area contributed by atoms with Crippen LogP contribution in [0, 0.1) is 11.3 Å². The predicted molar refractivity (Wildman–Crippen MR) is 148 cm³/mol. The first kappa shape index (κ1) is 26.2. The van der Waals surface area contributed by atoms with Crippen molar-refractivity contribution in [3.8, 4) is 10.6 Å². The number of hydrogen-bond donors (Lipinski definition) is 5. The van der Waals surface area contributed by atoms with Crippen LogP contribution in [0.25, 0.3) is 20.8 Å². The van der Waals surface area contributed by atoms with Crippen molar-refractivity contribution in [2.24, 2.45) is 16.3 Å². The molecule has 2 aromatic heterocycles. The monoisotopic (exact) mass is 555 g/mol. The number of nitrogens with zero attached hydrogens (tertiary/aromatic N) is 4. The van der Waals surface area contributed by atoms with E-state index >= 15 is 0 Å². The highest BCUT2D eigenvalue weighted by molar-refractivity contribution is 7.18. The standard InChI is InChI=1S/C25H29N7O4S2/c1-3-27-23(36)31-25(19-11-26-7-5-24(19,2)22(34)35)29-6-4-8-32(25)16-9-17(20-18(10-16)28-14-38-20)21-30-15(12-33)13-37-21/h4,6,8-10,13-14,19,26,33H,3,5,7,11-12H2,1-2H3,(H,34,35)(H2,27,31,36). The number of fused-ring (bicyclic) bond motifs is 1. The summed E-state index contributed by atoms with van der Waals surface area (Å²) in [7, 11) is 0. The number of thiazole rings is 2. The van der Waals surface area contributed by atoms with Gasteiger partial charge in [-0.2, -0.15) is 0 Å². The zero-order chi connectivity index (χ0) is 26.9. The number of allylic oxidation sites excluding steroid dienone is 1. The third-order valence-electron chi connectivity index (χ3n) is 7.15. The first-order chi connectivity index (χ1) is 18.3.